The van der Waals surface area contributed by atoms with E-state index in [1.807, 2.05) is 6.07 Å². The maximum absolute atomic E-state index is 11.3. The molecule has 0 N–H and O–H groups in total. The number of rotatable bonds is 4. The average Bonchev–Trinajstić information content (AvgIpc) is 2.68. The van der Waals surface area contributed by atoms with E-state index in [2.05, 4.69) is 24.0 Å². The molecule has 0 amide bonds. The minimum Gasteiger partial charge on any atom is -0.371 e. The number of benzene rings is 1. The Balaban J connectivity index is 2.18. The molecule has 2 heteroatoms. The van der Waals surface area contributed by atoms with E-state index in [9.17, 15) is 4.79 Å². The van der Waals surface area contributed by atoms with E-state index < -0.39 is 0 Å². The quantitative estimate of drug-likeness (QED) is 0.722. The summed E-state index contributed by atoms with van der Waals surface area (Å²) in [6.45, 7) is 6.10. The fraction of sp³-hybridized carbons (Fsp3) is 0.500. The second kappa shape index (κ2) is 4.69. The molecule has 1 aliphatic heterocycles. The van der Waals surface area contributed by atoms with Gasteiger partial charge in [-0.3, -0.25) is 4.79 Å². The van der Waals surface area contributed by atoms with E-state index in [1.165, 1.54) is 24.1 Å². The van der Waals surface area contributed by atoms with Gasteiger partial charge in [-0.1, -0.05) is 13.3 Å². The smallest absolute Gasteiger partial charge is 0.159 e. The van der Waals surface area contributed by atoms with Crippen molar-refractivity contribution in [3.63, 3.8) is 0 Å². The van der Waals surface area contributed by atoms with Crippen molar-refractivity contribution in [1.82, 2.24) is 0 Å². The fourth-order valence-electron chi connectivity index (χ4n) is 2.27. The highest BCUT2D eigenvalue weighted by atomic mass is 16.1. The second-order valence-corrected chi connectivity index (χ2v) is 4.49. The van der Waals surface area contributed by atoms with Gasteiger partial charge in [0.05, 0.1) is 0 Å². The SMILES string of the molecule is CCCCN1CCc2cc(C(C)=O)ccc21. The molecule has 0 aliphatic carbocycles. The second-order valence-electron chi connectivity index (χ2n) is 4.49. The van der Waals surface area contributed by atoms with Gasteiger partial charge in [-0.15, -0.1) is 0 Å². The zero-order valence-corrected chi connectivity index (χ0v) is 10.1. The van der Waals surface area contributed by atoms with Crippen molar-refractivity contribution < 1.29 is 4.79 Å². The number of hydrogen-bond donors (Lipinski definition) is 0. The Morgan fingerprint density at radius 2 is 2.25 bits per heavy atom. The summed E-state index contributed by atoms with van der Waals surface area (Å²) in [4.78, 5) is 13.7. The molecule has 0 aromatic heterocycles. The molecule has 86 valence electrons. The maximum atomic E-state index is 11.3. The number of unbranched alkanes of at least 4 members (excludes halogenated alkanes) is 1. The monoisotopic (exact) mass is 217 g/mol. The Morgan fingerprint density at radius 3 is 2.94 bits per heavy atom. The summed E-state index contributed by atoms with van der Waals surface area (Å²) in [7, 11) is 0. The number of carbonyl (C=O) groups is 1. The molecule has 0 bridgehead atoms. The lowest BCUT2D eigenvalue weighted by atomic mass is 10.1. The number of nitrogens with zero attached hydrogens (tertiary/aromatic N) is 1. The molecule has 0 saturated carbocycles. The molecule has 16 heavy (non-hydrogen) atoms. The van der Waals surface area contributed by atoms with Gasteiger partial charge in [-0.25, -0.2) is 0 Å². The van der Waals surface area contributed by atoms with E-state index in [0.717, 1.165) is 25.1 Å². The lowest BCUT2D eigenvalue weighted by Gasteiger charge is -2.18. The summed E-state index contributed by atoms with van der Waals surface area (Å²) in [6, 6.07) is 6.11. The predicted molar refractivity (Wildman–Crippen MR) is 67.3 cm³/mol. The first kappa shape index (κ1) is 11.2. The van der Waals surface area contributed by atoms with Crippen LogP contribution in [-0.4, -0.2) is 18.9 Å². The Bertz CT molecular complexity index is 398. The molecule has 0 fully saturated rings. The molecule has 1 aliphatic rings. The van der Waals surface area contributed by atoms with Gasteiger partial charge in [0.2, 0.25) is 0 Å². The highest BCUT2D eigenvalue weighted by Gasteiger charge is 2.18. The highest BCUT2D eigenvalue weighted by molar-refractivity contribution is 5.94. The van der Waals surface area contributed by atoms with Crippen molar-refractivity contribution in [3.05, 3.63) is 29.3 Å². The van der Waals surface area contributed by atoms with Gasteiger partial charge in [-0.05, 0) is 43.5 Å². The van der Waals surface area contributed by atoms with Crippen LogP contribution in [0.3, 0.4) is 0 Å². The van der Waals surface area contributed by atoms with E-state index in [-0.39, 0.29) is 5.78 Å². The average molecular weight is 217 g/mol. The molecule has 2 rings (SSSR count). The maximum Gasteiger partial charge on any atom is 0.159 e. The van der Waals surface area contributed by atoms with Crippen LogP contribution < -0.4 is 4.90 Å². The predicted octanol–water partition coefficient (Wildman–Crippen LogP) is 3.05. The summed E-state index contributed by atoms with van der Waals surface area (Å²) < 4.78 is 0. The van der Waals surface area contributed by atoms with Crippen LogP contribution in [0.2, 0.25) is 0 Å². The van der Waals surface area contributed by atoms with E-state index in [4.69, 9.17) is 0 Å². The van der Waals surface area contributed by atoms with Gasteiger partial charge in [-0.2, -0.15) is 0 Å². The summed E-state index contributed by atoms with van der Waals surface area (Å²) in [5.74, 6) is 0.162. The van der Waals surface area contributed by atoms with E-state index in [1.54, 1.807) is 6.92 Å². The molecule has 0 spiro atoms. The van der Waals surface area contributed by atoms with Crippen LogP contribution in [0.15, 0.2) is 18.2 Å². The lowest BCUT2D eigenvalue weighted by Crippen LogP contribution is -2.21. The topological polar surface area (TPSA) is 20.3 Å². The van der Waals surface area contributed by atoms with Crippen LogP contribution in [0, 0.1) is 0 Å². The van der Waals surface area contributed by atoms with Crippen LogP contribution in [0.4, 0.5) is 5.69 Å². The third kappa shape index (κ3) is 2.11. The van der Waals surface area contributed by atoms with E-state index >= 15 is 0 Å². The van der Waals surface area contributed by atoms with Crippen molar-refractivity contribution in [2.75, 3.05) is 18.0 Å². The molecular formula is C14H19NO. The van der Waals surface area contributed by atoms with Crippen molar-refractivity contribution in [3.8, 4) is 0 Å². The number of carbonyl (C=O) groups excluding carboxylic acids is 1. The Kier molecular flexibility index (Phi) is 3.28. The third-order valence-electron chi connectivity index (χ3n) is 3.26. The van der Waals surface area contributed by atoms with Crippen molar-refractivity contribution in [2.45, 2.75) is 33.1 Å². The Labute approximate surface area is 97.3 Å². The molecular weight excluding hydrogens is 198 g/mol. The number of fused-ring (bicyclic) bond motifs is 1. The number of anilines is 1. The van der Waals surface area contributed by atoms with Gasteiger partial charge >= 0.3 is 0 Å². The van der Waals surface area contributed by atoms with Gasteiger partial charge in [0.25, 0.3) is 0 Å². The van der Waals surface area contributed by atoms with Crippen molar-refractivity contribution >= 4 is 11.5 Å². The molecule has 2 nitrogen and oxygen atoms in total. The molecule has 0 unspecified atom stereocenters. The summed E-state index contributed by atoms with van der Waals surface area (Å²) >= 11 is 0. The first-order valence-electron chi connectivity index (χ1n) is 6.11. The lowest BCUT2D eigenvalue weighted by molar-refractivity contribution is 0.101. The minimum atomic E-state index is 0.162. The normalized spacial score (nSPS) is 14.0. The van der Waals surface area contributed by atoms with E-state index in [0.29, 0.717) is 0 Å². The fourth-order valence-corrected chi connectivity index (χ4v) is 2.27. The highest BCUT2D eigenvalue weighted by Crippen LogP contribution is 2.29. The van der Waals surface area contributed by atoms with Gasteiger partial charge in [0.15, 0.2) is 5.78 Å². The molecule has 1 aromatic rings. The summed E-state index contributed by atoms with van der Waals surface area (Å²) in [5, 5.41) is 0. The minimum absolute atomic E-state index is 0.162. The van der Waals surface area contributed by atoms with Gasteiger partial charge < -0.3 is 4.90 Å². The van der Waals surface area contributed by atoms with Crippen molar-refractivity contribution in [2.24, 2.45) is 0 Å². The Morgan fingerprint density at radius 1 is 1.44 bits per heavy atom. The Hall–Kier alpha value is -1.31. The number of ketones is 1. The van der Waals surface area contributed by atoms with Gasteiger partial charge in [0.1, 0.15) is 0 Å². The standard InChI is InChI=1S/C14H19NO/c1-3-4-8-15-9-7-13-10-12(11(2)16)5-6-14(13)15/h5-6,10H,3-4,7-9H2,1-2H3. The van der Waals surface area contributed by atoms with Crippen LogP contribution in [-0.2, 0) is 6.42 Å². The first-order valence-corrected chi connectivity index (χ1v) is 6.11. The van der Waals surface area contributed by atoms with Crippen LogP contribution >= 0.6 is 0 Å². The molecule has 0 saturated heterocycles. The molecule has 1 heterocycles. The number of Topliss-reactive ketones (excluding diaryl/α,β-unsaturated/α-hetero) is 1. The van der Waals surface area contributed by atoms with Crippen molar-refractivity contribution in [1.29, 1.82) is 0 Å². The first-order chi connectivity index (χ1) is 7.72. The van der Waals surface area contributed by atoms with Gasteiger partial charge in [0, 0.05) is 24.3 Å². The number of hydrogen-bond acceptors (Lipinski definition) is 2. The van der Waals surface area contributed by atoms with Crippen LogP contribution in [0.1, 0.15) is 42.6 Å². The molecule has 0 atom stereocenters. The summed E-state index contributed by atoms with van der Waals surface area (Å²) in [5.41, 5.74) is 3.51. The zero-order valence-electron chi connectivity index (χ0n) is 10.1. The van der Waals surface area contributed by atoms with Crippen LogP contribution in [0.5, 0.6) is 0 Å². The summed E-state index contributed by atoms with van der Waals surface area (Å²) in [6.07, 6.45) is 3.56. The molecule has 0 radical (unpaired) electrons. The zero-order chi connectivity index (χ0) is 11.5. The largest absolute Gasteiger partial charge is 0.371 e. The molecule has 1 aromatic carbocycles. The third-order valence-corrected chi connectivity index (χ3v) is 3.26. The van der Waals surface area contributed by atoms with Crippen LogP contribution in [0.25, 0.3) is 0 Å².